The molecule has 23 heavy (non-hydrogen) atoms. The zero-order chi connectivity index (χ0) is 16.4. The summed E-state index contributed by atoms with van der Waals surface area (Å²) in [6, 6.07) is 14.2. The molecule has 0 aliphatic carbocycles. The first kappa shape index (κ1) is 15.5. The van der Waals surface area contributed by atoms with E-state index in [4.69, 9.17) is 16.3 Å². The number of halogens is 1. The molecule has 3 rings (SSSR count). The molecule has 0 aromatic heterocycles. The van der Waals surface area contributed by atoms with Gasteiger partial charge in [-0.15, -0.1) is 0 Å². The average molecular weight is 328 g/mol. The minimum Gasteiger partial charge on any atom is -0.375 e. The summed E-state index contributed by atoms with van der Waals surface area (Å²) < 4.78 is 4.78. The maximum Gasteiger partial charge on any atom is 0.250 e. The fourth-order valence-corrected chi connectivity index (χ4v) is 2.67. The number of rotatable bonds is 3. The van der Waals surface area contributed by atoms with E-state index in [0.29, 0.717) is 21.5 Å². The van der Waals surface area contributed by atoms with E-state index in [0.717, 1.165) is 10.8 Å². The summed E-state index contributed by atoms with van der Waals surface area (Å²) in [6.07, 6.45) is 0. The number of anilines is 1. The Balaban J connectivity index is 2.21. The van der Waals surface area contributed by atoms with Crippen LogP contribution in [0.4, 0.5) is 5.69 Å². The Hall–Kier alpha value is -2.43. The molecule has 1 N–H and O–H groups in total. The molecule has 0 spiro atoms. The van der Waals surface area contributed by atoms with Crippen LogP contribution in [-0.4, -0.2) is 19.6 Å². The SMILES string of the molecule is COCC(=O)Nc1ccc2ccc3ccc(Cl)cc3c(=O)c2c1. The Morgan fingerprint density at radius 2 is 1.65 bits per heavy atom. The molecule has 0 fully saturated rings. The van der Waals surface area contributed by atoms with Crippen LogP contribution < -0.4 is 10.7 Å². The molecular formula is C18H14ClNO3. The lowest BCUT2D eigenvalue weighted by Crippen LogP contribution is -2.17. The fourth-order valence-electron chi connectivity index (χ4n) is 2.50. The van der Waals surface area contributed by atoms with Crippen molar-refractivity contribution in [2.24, 2.45) is 0 Å². The second kappa shape index (κ2) is 6.36. The molecule has 1 amide bonds. The van der Waals surface area contributed by atoms with Gasteiger partial charge in [0, 0.05) is 28.6 Å². The van der Waals surface area contributed by atoms with Gasteiger partial charge >= 0.3 is 0 Å². The third kappa shape index (κ3) is 3.18. The number of ether oxygens (including phenoxy) is 1. The van der Waals surface area contributed by atoms with Crippen molar-refractivity contribution in [1.82, 2.24) is 0 Å². The van der Waals surface area contributed by atoms with E-state index in [1.165, 1.54) is 7.11 Å². The van der Waals surface area contributed by atoms with Gasteiger partial charge in [-0.25, -0.2) is 0 Å². The maximum absolute atomic E-state index is 12.8. The molecule has 0 radical (unpaired) electrons. The summed E-state index contributed by atoms with van der Waals surface area (Å²) in [6.45, 7) is -0.0383. The third-order valence-corrected chi connectivity index (χ3v) is 3.79. The predicted octanol–water partition coefficient (Wildman–Crippen LogP) is 3.59. The molecule has 0 aliphatic heterocycles. The molecule has 5 heteroatoms. The second-order valence-electron chi connectivity index (χ2n) is 5.18. The number of benzene rings is 2. The molecule has 0 saturated heterocycles. The van der Waals surface area contributed by atoms with Gasteiger partial charge in [0.25, 0.3) is 0 Å². The zero-order valence-electron chi connectivity index (χ0n) is 12.4. The molecule has 0 unspecified atom stereocenters. The monoisotopic (exact) mass is 327 g/mol. The normalized spacial score (nSPS) is 10.9. The summed E-state index contributed by atoms with van der Waals surface area (Å²) in [7, 11) is 1.45. The lowest BCUT2D eigenvalue weighted by atomic mass is 10.1. The largest absolute Gasteiger partial charge is 0.375 e. The minimum absolute atomic E-state index is 0.0383. The lowest BCUT2D eigenvalue weighted by molar-refractivity contribution is -0.119. The standard InChI is InChI=1S/C18H14ClNO3/c1-23-10-17(21)20-14-7-5-12-3-2-11-4-6-13(19)8-15(11)18(22)16(12)9-14/h2-9H,10H2,1H3,(H,20,21). The molecule has 3 aromatic rings. The third-order valence-electron chi connectivity index (χ3n) is 3.56. The highest BCUT2D eigenvalue weighted by atomic mass is 35.5. The molecule has 3 aromatic carbocycles. The molecule has 0 saturated carbocycles. The quantitative estimate of drug-likeness (QED) is 0.799. The van der Waals surface area contributed by atoms with Gasteiger partial charge in [-0.3, -0.25) is 9.59 Å². The molecule has 116 valence electrons. The molecular weight excluding hydrogens is 314 g/mol. The number of fused-ring (bicyclic) bond motifs is 2. The first-order chi connectivity index (χ1) is 11.1. The number of amides is 1. The lowest BCUT2D eigenvalue weighted by Gasteiger charge is -2.04. The van der Waals surface area contributed by atoms with Crippen LogP contribution in [0.5, 0.6) is 0 Å². The van der Waals surface area contributed by atoms with E-state index in [2.05, 4.69) is 5.32 Å². The first-order valence-corrected chi connectivity index (χ1v) is 7.41. The van der Waals surface area contributed by atoms with Gasteiger partial charge in [0.1, 0.15) is 6.61 Å². The van der Waals surface area contributed by atoms with E-state index in [9.17, 15) is 9.59 Å². The fraction of sp³-hybridized carbons (Fsp3) is 0.111. The van der Waals surface area contributed by atoms with Crippen molar-refractivity contribution in [3.05, 3.63) is 63.8 Å². The molecule has 0 aliphatic rings. The van der Waals surface area contributed by atoms with Crippen molar-refractivity contribution in [3.8, 4) is 0 Å². The zero-order valence-corrected chi connectivity index (χ0v) is 13.2. The highest BCUT2D eigenvalue weighted by molar-refractivity contribution is 6.31. The van der Waals surface area contributed by atoms with Crippen LogP contribution in [-0.2, 0) is 9.53 Å². The van der Waals surface area contributed by atoms with Crippen LogP contribution in [0, 0.1) is 0 Å². The molecule has 0 bridgehead atoms. The number of nitrogens with one attached hydrogen (secondary N) is 1. The highest BCUT2D eigenvalue weighted by Crippen LogP contribution is 2.21. The van der Waals surface area contributed by atoms with E-state index >= 15 is 0 Å². The van der Waals surface area contributed by atoms with Gasteiger partial charge in [0.05, 0.1) is 0 Å². The first-order valence-electron chi connectivity index (χ1n) is 7.03. The Labute approximate surface area is 137 Å². The van der Waals surface area contributed by atoms with Crippen molar-refractivity contribution in [1.29, 1.82) is 0 Å². The van der Waals surface area contributed by atoms with E-state index in [1.807, 2.05) is 18.2 Å². The van der Waals surface area contributed by atoms with Crippen molar-refractivity contribution in [3.63, 3.8) is 0 Å². The second-order valence-corrected chi connectivity index (χ2v) is 5.61. The highest BCUT2D eigenvalue weighted by Gasteiger charge is 2.06. The number of methoxy groups -OCH3 is 1. The Kier molecular flexibility index (Phi) is 4.28. The Morgan fingerprint density at radius 1 is 1.04 bits per heavy atom. The van der Waals surface area contributed by atoms with Crippen molar-refractivity contribution >= 4 is 44.7 Å². The maximum atomic E-state index is 12.8. The Morgan fingerprint density at radius 3 is 2.35 bits per heavy atom. The molecule has 4 nitrogen and oxygen atoms in total. The summed E-state index contributed by atoms with van der Waals surface area (Å²) in [5.41, 5.74) is 0.434. The summed E-state index contributed by atoms with van der Waals surface area (Å²) in [4.78, 5) is 24.4. The topological polar surface area (TPSA) is 55.4 Å². The van der Waals surface area contributed by atoms with Gasteiger partial charge in [-0.05, 0) is 35.0 Å². The van der Waals surface area contributed by atoms with Gasteiger partial charge < -0.3 is 10.1 Å². The van der Waals surface area contributed by atoms with Gasteiger partial charge in [0.15, 0.2) is 5.43 Å². The van der Waals surface area contributed by atoms with Gasteiger partial charge in [-0.1, -0.05) is 35.9 Å². The summed E-state index contributed by atoms with van der Waals surface area (Å²) in [5.74, 6) is -0.271. The van der Waals surface area contributed by atoms with Crippen LogP contribution >= 0.6 is 11.6 Å². The number of carbonyl (C=O) groups is 1. The average Bonchev–Trinajstić information content (AvgIpc) is 2.66. The molecule has 0 heterocycles. The van der Waals surface area contributed by atoms with Crippen molar-refractivity contribution in [2.45, 2.75) is 0 Å². The van der Waals surface area contributed by atoms with E-state index in [1.54, 1.807) is 30.3 Å². The van der Waals surface area contributed by atoms with E-state index < -0.39 is 0 Å². The van der Waals surface area contributed by atoms with Crippen LogP contribution in [0.2, 0.25) is 5.02 Å². The van der Waals surface area contributed by atoms with Gasteiger partial charge in [0.2, 0.25) is 5.91 Å². The summed E-state index contributed by atoms with van der Waals surface area (Å²) >= 11 is 6.01. The number of hydrogen-bond donors (Lipinski definition) is 1. The van der Waals surface area contributed by atoms with Crippen LogP contribution in [0.1, 0.15) is 0 Å². The van der Waals surface area contributed by atoms with Gasteiger partial charge in [-0.2, -0.15) is 0 Å². The number of hydrogen-bond acceptors (Lipinski definition) is 3. The minimum atomic E-state index is -0.271. The predicted molar refractivity (Wildman–Crippen MR) is 93.2 cm³/mol. The van der Waals surface area contributed by atoms with Crippen LogP contribution in [0.25, 0.3) is 21.5 Å². The molecule has 0 atom stereocenters. The smallest absolute Gasteiger partial charge is 0.250 e. The Bertz CT molecular complexity index is 969. The van der Waals surface area contributed by atoms with Crippen molar-refractivity contribution in [2.75, 3.05) is 19.0 Å². The van der Waals surface area contributed by atoms with Crippen molar-refractivity contribution < 1.29 is 9.53 Å². The van der Waals surface area contributed by atoms with Crippen LogP contribution in [0.15, 0.2) is 53.3 Å². The van der Waals surface area contributed by atoms with E-state index in [-0.39, 0.29) is 17.9 Å². The van der Waals surface area contributed by atoms with Crippen LogP contribution in [0.3, 0.4) is 0 Å². The summed E-state index contributed by atoms with van der Waals surface area (Å²) in [5, 5.41) is 5.91. The number of carbonyl (C=O) groups excluding carboxylic acids is 1.